The van der Waals surface area contributed by atoms with Gasteiger partial charge in [-0.3, -0.25) is 0 Å². The summed E-state index contributed by atoms with van der Waals surface area (Å²) < 4.78 is 0. The van der Waals surface area contributed by atoms with Gasteiger partial charge in [-0.25, -0.2) is 44.9 Å². The molecule has 22 aromatic carbocycles. The maximum absolute atomic E-state index is 5.09. The summed E-state index contributed by atoms with van der Waals surface area (Å²) in [5.41, 5.74) is 15.9. The van der Waals surface area contributed by atoms with Crippen molar-refractivity contribution in [3.63, 3.8) is 0 Å². The van der Waals surface area contributed by atoms with Crippen molar-refractivity contribution in [2.24, 2.45) is 0 Å². The van der Waals surface area contributed by atoms with Crippen molar-refractivity contribution < 1.29 is 0 Å². The number of aromatic nitrogens is 9. The van der Waals surface area contributed by atoms with Crippen LogP contribution < -0.4 is 0 Å². The Bertz CT molecular complexity index is 8670. The molecule has 0 spiro atoms. The van der Waals surface area contributed by atoms with Gasteiger partial charge in [0.2, 0.25) is 0 Å². The summed E-state index contributed by atoms with van der Waals surface area (Å²) in [6.07, 6.45) is 0. The summed E-state index contributed by atoms with van der Waals surface area (Å²) in [6.45, 7) is 0. The maximum Gasteiger partial charge on any atom is 0.164 e. The molecular formula is C121H77N9. The third kappa shape index (κ3) is 15.2. The lowest BCUT2D eigenvalue weighted by Crippen LogP contribution is -2.00. The summed E-state index contributed by atoms with van der Waals surface area (Å²) in [4.78, 5) is 45.1. The minimum absolute atomic E-state index is 0.657. The van der Waals surface area contributed by atoms with Gasteiger partial charge in [0.25, 0.3) is 0 Å². The molecule has 0 saturated carbocycles. The Morgan fingerprint density at radius 3 is 0.792 bits per heavy atom. The van der Waals surface area contributed by atoms with Crippen LogP contribution >= 0.6 is 0 Å². The number of hydrogen-bond donors (Lipinski definition) is 0. The minimum atomic E-state index is 0.657. The van der Waals surface area contributed by atoms with E-state index in [9.17, 15) is 0 Å². The molecule has 0 fully saturated rings. The molecule has 9 heteroatoms. The van der Waals surface area contributed by atoms with Gasteiger partial charge in [-0.15, -0.1) is 0 Å². The highest BCUT2D eigenvalue weighted by atomic mass is 15.1. The summed E-state index contributed by atoms with van der Waals surface area (Å²) in [6, 6.07) is 163. The number of hydrogen-bond acceptors (Lipinski definition) is 9. The number of rotatable bonds is 12. The van der Waals surface area contributed by atoms with E-state index in [0.29, 0.717) is 52.4 Å². The van der Waals surface area contributed by atoms with Gasteiger partial charge >= 0.3 is 0 Å². The van der Waals surface area contributed by atoms with Gasteiger partial charge in [0, 0.05) is 50.1 Å². The summed E-state index contributed by atoms with van der Waals surface area (Å²) in [7, 11) is 0. The average molecular weight is 1660 g/mol. The van der Waals surface area contributed by atoms with Crippen molar-refractivity contribution in [1.82, 2.24) is 44.9 Å². The molecule has 0 unspecified atom stereocenters. The smallest absolute Gasteiger partial charge is 0.164 e. The lowest BCUT2D eigenvalue weighted by Gasteiger charge is -2.13. The molecule has 0 aliphatic carbocycles. The first kappa shape index (κ1) is 77.3. The summed E-state index contributed by atoms with van der Waals surface area (Å²) >= 11 is 0. The first-order valence-electron chi connectivity index (χ1n) is 43.8. The molecule has 606 valence electrons. The van der Waals surface area contributed by atoms with Crippen LogP contribution in [0.4, 0.5) is 0 Å². The second-order valence-corrected chi connectivity index (χ2v) is 32.7. The molecule has 0 aliphatic rings. The van der Waals surface area contributed by atoms with E-state index in [1.165, 1.54) is 92.5 Å². The van der Waals surface area contributed by atoms with E-state index < -0.39 is 0 Å². The highest BCUT2D eigenvalue weighted by Crippen LogP contribution is 2.42. The first-order chi connectivity index (χ1) is 64.4. The van der Waals surface area contributed by atoms with Crippen molar-refractivity contribution in [2.75, 3.05) is 0 Å². The van der Waals surface area contributed by atoms with Gasteiger partial charge in [-0.1, -0.05) is 425 Å². The van der Waals surface area contributed by atoms with E-state index in [1.807, 2.05) is 97.1 Å². The van der Waals surface area contributed by atoms with Crippen LogP contribution in [-0.2, 0) is 0 Å². The molecule has 0 atom stereocenters. The van der Waals surface area contributed by atoms with Gasteiger partial charge < -0.3 is 0 Å². The van der Waals surface area contributed by atoms with E-state index in [1.54, 1.807) is 0 Å². The van der Waals surface area contributed by atoms with Crippen molar-refractivity contribution in [3.05, 3.63) is 467 Å². The molecule has 0 aliphatic heterocycles. The van der Waals surface area contributed by atoms with Crippen LogP contribution in [0.5, 0.6) is 0 Å². The van der Waals surface area contributed by atoms with Gasteiger partial charge in [-0.2, -0.15) is 0 Å². The Labute approximate surface area is 750 Å². The predicted molar refractivity (Wildman–Crippen MR) is 540 cm³/mol. The quantitative estimate of drug-likeness (QED) is 0.110. The maximum atomic E-state index is 5.09. The molecule has 25 rings (SSSR count). The lowest BCUT2D eigenvalue weighted by atomic mass is 9.91. The van der Waals surface area contributed by atoms with Crippen molar-refractivity contribution in [3.8, 4) is 136 Å². The Kier molecular flexibility index (Phi) is 20.1. The zero-order valence-corrected chi connectivity index (χ0v) is 70.5. The van der Waals surface area contributed by atoms with E-state index in [-0.39, 0.29) is 0 Å². The number of nitrogens with zero attached hydrogens (tertiary/aromatic N) is 9. The zero-order valence-electron chi connectivity index (χ0n) is 70.5. The highest BCUT2D eigenvalue weighted by molar-refractivity contribution is 6.16. The van der Waals surface area contributed by atoms with E-state index in [4.69, 9.17) is 44.9 Å². The number of benzene rings is 22. The van der Waals surface area contributed by atoms with Crippen LogP contribution in [0.15, 0.2) is 467 Å². The molecule has 0 bridgehead atoms. The van der Waals surface area contributed by atoms with E-state index >= 15 is 0 Å². The third-order valence-electron chi connectivity index (χ3n) is 24.7. The van der Waals surface area contributed by atoms with Crippen molar-refractivity contribution in [2.45, 2.75) is 0 Å². The van der Waals surface area contributed by atoms with Crippen LogP contribution in [0.1, 0.15) is 0 Å². The highest BCUT2D eigenvalue weighted by Gasteiger charge is 2.22. The Morgan fingerprint density at radius 2 is 0.331 bits per heavy atom. The first-order valence-corrected chi connectivity index (χ1v) is 43.8. The molecular weight excluding hydrogens is 1580 g/mol. The van der Waals surface area contributed by atoms with Crippen molar-refractivity contribution >= 4 is 108 Å². The van der Waals surface area contributed by atoms with Gasteiger partial charge in [0.1, 0.15) is 0 Å². The summed E-state index contributed by atoms with van der Waals surface area (Å²) in [5.74, 6) is 5.94. The topological polar surface area (TPSA) is 116 Å². The van der Waals surface area contributed by atoms with Crippen LogP contribution in [-0.4, -0.2) is 44.9 Å². The van der Waals surface area contributed by atoms with E-state index in [0.717, 1.165) is 98.7 Å². The Morgan fingerprint density at radius 1 is 0.0923 bits per heavy atom. The lowest BCUT2D eigenvalue weighted by molar-refractivity contribution is 1.08. The molecule has 9 nitrogen and oxygen atoms in total. The molecule has 3 aromatic heterocycles. The largest absolute Gasteiger partial charge is 0.208 e. The predicted octanol–water partition coefficient (Wildman–Crippen LogP) is 31.2. The molecule has 0 N–H and O–H groups in total. The van der Waals surface area contributed by atoms with Crippen molar-refractivity contribution in [1.29, 1.82) is 0 Å². The molecule has 0 saturated heterocycles. The Hall–Kier alpha value is -17.5. The SMILES string of the molecule is c1ccc(-c2ccc(-c3nc(-c4ccccc4)nc(-c4cc5ccccc5c5ccccc45)n3)cc2)cc1.c1ccc(-c2nc(-c3ccc4ccccc4c3)nc(-c3cccc4cc(-c5cc6ccccc6c6ccccc56)ccc34)n2)cc1.c1ccc(-c2nc(-c3ccc4ccccc4c3)nc(-c3cccc4cc(-c5ccc6c(ccc7ccccc76)c5)ccc34)n2)cc1. The minimum Gasteiger partial charge on any atom is -0.208 e. The van der Waals surface area contributed by atoms with Gasteiger partial charge in [-0.05, 0) is 184 Å². The molecule has 25 aromatic rings. The van der Waals surface area contributed by atoms with Gasteiger partial charge in [0.05, 0.1) is 0 Å². The molecule has 0 amide bonds. The molecule has 130 heavy (non-hydrogen) atoms. The number of fused-ring (bicyclic) bond motifs is 13. The zero-order chi connectivity index (χ0) is 86.2. The van der Waals surface area contributed by atoms with Crippen LogP contribution in [0, 0.1) is 0 Å². The second-order valence-electron chi connectivity index (χ2n) is 32.7. The van der Waals surface area contributed by atoms with Crippen LogP contribution in [0.2, 0.25) is 0 Å². The standard InChI is InChI=1S/2C43H27N3.C35H23N3/c1-2-12-29(13-3-1)41-44-42(34-22-21-28-11-4-5-14-30(28)25-34)46-43(45-41)39-20-10-16-31-26-33(23-24-36(31)39)40-27-32-15-6-7-17-35(32)37-18-8-9-19-38(37)40;1-2-11-30(12-3-1)41-44-42(36-20-17-28-9-4-5-13-31(28)27-36)46-43(45-41)40-16-8-14-34-25-32(22-24-39(34)40)33-21-23-38-35(26-33)19-18-29-10-6-7-15-37(29)38;1-3-11-24(12-4-1)25-19-21-27(22-20-25)34-36-33(26-13-5-2-6-14-26)37-35(38-34)32-23-28-15-7-8-16-29(28)30-17-9-10-18-31(30)32/h2*1-27H;1-23H. The monoisotopic (exact) mass is 1660 g/mol. The fourth-order valence-electron chi connectivity index (χ4n) is 18.2. The third-order valence-corrected chi connectivity index (χ3v) is 24.7. The fraction of sp³-hybridized carbons (Fsp3) is 0. The van der Waals surface area contributed by atoms with Crippen LogP contribution in [0.3, 0.4) is 0 Å². The summed E-state index contributed by atoms with van der Waals surface area (Å²) in [5, 5.41) is 24.0. The second kappa shape index (κ2) is 33.8. The Balaban J connectivity index is 0.000000112. The molecule has 3 heterocycles. The van der Waals surface area contributed by atoms with E-state index in [2.05, 4.69) is 370 Å². The molecule has 0 radical (unpaired) electrons. The average Bonchev–Trinajstić information content (AvgIpc) is 0.771. The fourth-order valence-corrected chi connectivity index (χ4v) is 18.2. The normalized spacial score (nSPS) is 11.4. The van der Waals surface area contributed by atoms with Gasteiger partial charge in [0.15, 0.2) is 52.4 Å². The van der Waals surface area contributed by atoms with Crippen LogP contribution in [0.25, 0.3) is 244 Å².